The molecule has 4 aromatic rings. The van der Waals surface area contributed by atoms with Gasteiger partial charge in [0.25, 0.3) is 0 Å². The largest absolute Gasteiger partial charge is 0.416 e. The number of fused-ring (bicyclic) bond motifs is 1. The monoisotopic (exact) mass is 497 g/mol. The number of rotatable bonds is 4. The highest BCUT2D eigenvalue weighted by molar-refractivity contribution is 5.84. The normalized spacial score (nSPS) is 20.1. The molecule has 0 radical (unpaired) electrons. The summed E-state index contributed by atoms with van der Waals surface area (Å²) in [7, 11) is 1.92. The molecule has 1 fully saturated rings. The van der Waals surface area contributed by atoms with Crippen molar-refractivity contribution in [3.63, 3.8) is 0 Å². The molecule has 190 valence electrons. The van der Waals surface area contributed by atoms with Crippen molar-refractivity contribution in [2.75, 3.05) is 5.32 Å². The van der Waals surface area contributed by atoms with E-state index in [1.54, 1.807) is 0 Å². The number of nitrogens with zero attached hydrogens (tertiary/aromatic N) is 4. The molecule has 9 heteroatoms. The Bertz CT molecular complexity index is 1380. The summed E-state index contributed by atoms with van der Waals surface area (Å²) in [5.74, 6) is 1.20. The first kappa shape index (κ1) is 24.3. The van der Waals surface area contributed by atoms with Gasteiger partial charge in [-0.05, 0) is 73.1 Å². The maximum absolute atomic E-state index is 13.1. The lowest BCUT2D eigenvalue weighted by Gasteiger charge is -2.40. The van der Waals surface area contributed by atoms with E-state index in [9.17, 15) is 13.2 Å². The molecule has 1 aliphatic carbocycles. The van der Waals surface area contributed by atoms with Gasteiger partial charge in [0.1, 0.15) is 7.05 Å². The number of hydrogen-bond donors (Lipinski definition) is 2. The average Bonchev–Trinajstić information content (AvgIpc) is 3.30. The molecular weight excluding hydrogens is 465 g/mol. The number of hydrogen-bond acceptors (Lipinski definition) is 3. The molecule has 36 heavy (non-hydrogen) atoms. The molecule has 2 atom stereocenters. The SMILES string of the molecule is Cc1n[nH][n+](C)c1-c1ccc2c(c1)nc(Nc1ccc(C(F)(F)F)cc1)n2[C@H]1C[C@@H](C)CC(C)(C)C1. The Kier molecular flexibility index (Phi) is 5.84. The highest BCUT2D eigenvalue weighted by Crippen LogP contribution is 2.46. The Labute approximate surface area is 208 Å². The lowest BCUT2D eigenvalue weighted by molar-refractivity contribution is -0.720. The summed E-state index contributed by atoms with van der Waals surface area (Å²) in [6.07, 6.45) is -1.18. The first-order valence-corrected chi connectivity index (χ1v) is 12.3. The average molecular weight is 498 g/mol. The van der Waals surface area contributed by atoms with Crippen LogP contribution in [-0.4, -0.2) is 19.9 Å². The number of anilines is 2. The minimum atomic E-state index is -4.37. The van der Waals surface area contributed by atoms with E-state index < -0.39 is 11.7 Å². The molecule has 0 saturated heterocycles. The predicted molar refractivity (Wildman–Crippen MR) is 134 cm³/mol. The summed E-state index contributed by atoms with van der Waals surface area (Å²) in [4.78, 5) is 4.95. The standard InChI is InChI=1S/C27H31F3N6/c1-16-12-21(15-26(3,4)14-16)36-23-11-6-18(24-17(2)33-34-35(24)5)13-22(23)32-25(36)31-20-9-7-19(8-10-20)27(28,29)30/h6-11,13,16,21H,12,14-15H2,1-5H3,(H,31,32)/p+1/t16-,21+/m1/s1. The molecule has 2 aromatic carbocycles. The molecule has 1 saturated carbocycles. The number of benzene rings is 2. The molecule has 2 heterocycles. The Morgan fingerprint density at radius 2 is 1.83 bits per heavy atom. The van der Waals surface area contributed by atoms with Gasteiger partial charge in [-0.2, -0.15) is 17.9 Å². The maximum atomic E-state index is 13.1. The number of nitrogens with one attached hydrogen (secondary N) is 2. The predicted octanol–water partition coefficient (Wildman–Crippen LogP) is 6.71. The minimum Gasteiger partial charge on any atom is -0.326 e. The summed E-state index contributed by atoms with van der Waals surface area (Å²) in [6, 6.07) is 11.6. The van der Waals surface area contributed by atoms with Gasteiger partial charge < -0.3 is 9.88 Å². The van der Waals surface area contributed by atoms with Gasteiger partial charge in [0.05, 0.1) is 16.6 Å². The van der Waals surface area contributed by atoms with E-state index in [0.29, 0.717) is 17.6 Å². The zero-order valence-corrected chi connectivity index (χ0v) is 21.2. The second-order valence-corrected chi connectivity index (χ2v) is 11.0. The van der Waals surface area contributed by atoms with Crippen LogP contribution in [0, 0.1) is 18.3 Å². The number of halogens is 3. The molecule has 2 N–H and O–H groups in total. The van der Waals surface area contributed by atoms with Crippen LogP contribution in [0.3, 0.4) is 0 Å². The van der Waals surface area contributed by atoms with E-state index in [-0.39, 0.29) is 11.5 Å². The van der Waals surface area contributed by atoms with E-state index in [4.69, 9.17) is 4.98 Å². The van der Waals surface area contributed by atoms with E-state index in [0.717, 1.165) is 59.4 Å². The summed E-state index contributed by atoms with van der Waals surface area (Å²) < 4.78 is 43.3. The molecule has 5 rings (SSSR count). The molecule has 6 nitrogen and oxygen atoms in total. The van der Waals surface area contributed by atoms with Crippen LogP contribution < -0.4 is 10.00 Å². The summed E-state index contributed by atoms with van der Waals surface area (Å²) in [6.45, 7) is 8.85. The van der Waals surface area contributed by atoms with Gasteiger partial charge in [0, 0.05) is 29.3 Å². The number of aromatic nitrogens is 5. The van der Waals surface area contributed by atoms with Crippen molar-refractivity contribution < 1.29 is 17.9 Å². The van der Waals surface area contributed by atoms with E-state index in [1.165, 1.54) is 12.1 Å². The van der Waals surface area contributed by atoms with Crippen molar-refractivity contribution in [2.45, 2.75) is 59.2 Å². The molecule has 0 bridgehead atoms. The van der Waals surface area contributed by atoms with E-state index in [1.807, 2.05) is 18.7 Å². The van der Waals surface area contributed by atoms with Gasteiger partial charge in [0.15, 0.2) is 0 Å². The van der Waals surface area contributed by atoms with Crippen LogP contribution in [0.25, 0.3) is 22.3 Å². The number of H-pyrrole nitrogens is 1. The van der Waals surface area contributed by atoms with E-state index in [2.05, 4.69) is 59.2 Å². The molecule has 0 unspecified atom stereocenters. The fourth-order valence-corrected chi connectivity index (χ4v) is 5.97. The van der Waals surface area contributed by atoms with Crippen LogP contribution in [0.1, 0.15) is 57.3 Å². The fourth-order valence-electron chi connectivity index (χ4n) is 5.97. The van der Waals surface area contributed by atoms with Gasteiger partial charge in [-0.1, -0.05) is 26.0 Å². The van der Waals surface area contributed by atoms with Gasteiger partial charge in [-0.25, -0.2) is 4.98 Å². The van der Waals surface area contributed by atoms with Crippen LogP contribution in [0.4, 0.5) is 24.8 Å². The minimum absolute atomic E-state index is 0.187. The summed E-state index contributed by atoms with van der Waals surface area (Å²) in [5.41, 5.74) is 4.80. The van der Waals surface area contributed by atoms with Gasteiger partial charge >= 0.3 is 6.18 Å². The molecule has 0 amide bonds. The third-order valence-corrected chi connectivity index (χ3v) is 7.21. The number of aromatic amines is 1. The lowest BCUT2D eigenvalue weighted by Crippen LogP contribution is -2.32. The lowest BCUT2D eigenvalue weighted by atomic mass is 9.70. The molecule has 0 aliphatic heterocycles. The van der Waals surface area contributed by atoms with Crippen molar-refractivity contribution in [3.05, 3.63) is 53.7 Å². The first-order valence-electron chi connectivity index (χ1n) is 12.3. The zero-order chi connectivity index (χ0) is 25.8. The van der Waals surface area contributed by atoms with Crippen molar-refractivity contribution in [1.82, 2.24) is 19.9 Å². The van der Waals surface area contributed by atoms with Crippen LogP contribution in [0.2, 0.25) is 0 Å². The third-order valence-electron chi connectivity index (χ3n) is 7.21. The molecule has 2 aromatic heterocycles. The second-order valence-electron chi connectivity index (χ2n) is 11.0. The van der Waals surface area contributed by atoms with Crippen LogP contribution in [0.5, 0.6) is 0 Å². The van der Waals surface area contributed by atoms with Gasteiger partial charge in [-0.3, -0.25) is 0 Å². The molecule has 1 aliphatic rings. The van der Waals surface area contributed by atoms with Crippen molar-refractivity contribution in [2.24, 2.45) is 18.4 Å². The van der Waals surface area contributed by atoms with Crippen molar-refractivity contribution in [3.8, 4) is 11.3 Å². The van der Waals surface area contributed by atoms with Crippen LogP contribution >= 0.6 is 0 Å². The topological polar surface area (TPSA) is 62.4 Å². The first-order chi connectivity index (χ1) is 16.9. The van der Waals surface area contributed by atoms with E-state index >= 15 is 0 Å². The second kappa shape index (κ2) is 8.64. The molecular formula is C27H32F3N6+. The Morgan fingerprint density at radius 3 is 2.44 bits per heavy atom. The summed E-state index contributed by atoms with van der Waals surface area (Å²) >= 11 is 0. The maximum Gasteiger partial charge on any atom is 0.416 e. The number of alkyl halides is 3. The van der Waals surface area contributed by atoms with Gasteiger partial charge in [-0.15, -0.1) is 0 Å². The van der Waals surface area contributed by atoms with Gasteiger partial charge in [0.2, 0.25) is 17.3 Å². The number of aryl methyl sites for hydroxylation is 2. The molecule has 0 spiro atoms. The van der Waals surface area contributed by atoms with Crippen molar-refractivity contribution >= 4 is 22.7 Å². The highest BCUT2D eigenvalue weighted by Gasteiger charge is 2.35. The third kappa shape index (κ3) is 4.58. The summed E-state index contributed by atoms with van der Waals surface area (Å²) in [5, 5.41) is 10.6. The smallest absolute Gasteiger partial charge is 0.326 e. The number of imidazole rings is 1. The Balaban J connectivity index is 1.60. The Hall–Kier alpha value is -3.36. The van der Waals surface area contributed by atoms with Crippen LogP contribution in [0.15, 0.2) is 42.5 Å². The van der Waals surface area contributed by atoms with Crippen molar-refractivity contribution in [1.29, 1.82) is 0 Å². The highest BCUT2D eigenvalue weighted by atomic mass is 19.4. The van der Waals surface area contributed by atoms with Crippen LogP contribution in [-0.2, 0) is 13.2 Å². The zero-order valence-electron chi connectivity index (χ0n) is 21.2. The quantitative estimate of drug-likeness (QED) is 0.308. The Morgan fingerprint density at radius 1 is 1.11 bits per heavy atom. The fraction of sp³-hybridized carbons (Fsp3) is 0.444.